The summed E-state index contributed by atoms with van der Waals surface area (Å²) in [6, 6.07) is 7.81. The van der Waals surface area contributed by atoms with Crippen LogP contribution in [0.1, 0.15) is 31.4 Å². The number of hydrogen-bond acceptors (Lipinski definition) is 3. The highest BCUT2D eigenvalue weighted by Gasteiger charge is 2.23. The summed E-state index contributed by atoms with van der Waals surface area (Å²) < 4.78 is 26.4. The van der Waals surface area contributed by atoms with Crippen LogP contribution in [0, 0.1) is 0 Å². The lowest BCUT2D eigenvalue weighted by atomic mass is 10.1. The first-order chi connectivity index (χ1) is 10.0. The number of rotatable bonds is 6. The third-order valence-corrected chi connectivity index (χ3v) is 5.56. The third kappa shape index (κ3) is 4.66. The molecule has 0 unspecified atom stereocenters. The van der Waals surface area contributed by atoms with Crippen LogP contribution in [0.15, 0.2) is 35.9 Å². The van der Waals surface area contributed by atoms with Gasteiger partial charge >= 0.3 is 0 Å². The molecule has 0 saturated heterocycles. The molecule has 2 rings (SSSR count). The van der Waals surface area contributed by atoms with E-state index in [1.807, 2.05) is 37.3 Å². The fraction of sp³-hybridized carbons (Fsp3) is 0.500. The van der Waals surface area contributed by atoms with E-state index >= 15 is 0 Å². The zero-order valence-corrected chi connectivity index (χ0v) is 13.6. The van der Waals surface area contributed by atoms with Crippen LogP contribution in [0.3, 0.4) is 0 Å². The van der Waals surface area contributed by atoms with E-state index in [0.717, 1.165) is 25.1 Å². The molecule has 21 heavy (non-hydrogen) atoms. The van der Waals surface area contributed by atoms with Crippen molar-refractivity contribution in [3.05, 3.63) is 47.0 Å². The van der Waals surface area contributed by atoms with Crippen LogP contribution in [0.2, 0.25) is 0 Å². The van der Waals surface area contributed by atoms with Crippen molar-refractivity contribution >= 4 is 10.0 Å². The Morgan fingerprint density at radius 2 is 1.86 bits per heavy atom. The number of nitrogens with zero attached hydrogens (tertiary/aromatic N) is 1. The van der Waals surface area contributed by atoms with Crippen LogP contribution in [-0.4, -0.2) is 32.4 Å². The van der Waals surface area contributed by atoms with E-state index in [1.165, 1.54) is 11.1 Å². The molecule has 5 heteroatoms. The summed E-state index contributed by atoms with van der Waals surface area (Å²) >= 11 is 0. The molecule has 1 aromatic carbocycles. The smallest absolute Gasteiger partial charge is 0.218 e. The van der Waals surface area contributed by atoms with Gasteiger partial charge in [-0.1, -0.05) is 42.8 Å². The van der Waals surface area contributed by atoms with Gasteiger partial charge in [0.25, 0.3) is 0 Å². The van der Waals surface area contributed by atoms with Crippen molar-refractivity contribution in [2.75, 3.05) is 19.6 Å². The van der Waals surface area contributed by atoms with Gasteiger partial charge < -0.3 is 5.32 Å². The molecule has 0 fully saturated rings. The van der Waals surface area contributed by atoms with Crippen LogP contribution in [0.5, 0.6) is 0 Å². The predicted octanol–water partition coefficient (Wildman–Crippen LogP) is 2.28. The number of sulfonamides is 1. The molecule has 0 radical (unpaired) electrons. The van der Waals surface area contributed by atoms with Gasteiger partial charge in [-0.2, -0.15) is 4.31 Å². The van der Waals surface area contributed by atoms with Crippen LogP contribution < -0.4 is 5.32 Å². The van der Waals surface area contributed by atoms with Crippen LogP contribution >= 0.6 is 0 Å². The molecule has 0 aromatic heterocycles. The molecule has 116 valence electrons. The lowest BCUT2D eigenvalue weighted by Gasteiger charge is -2.24. The largest absolute Gasteiger partial charge is 0.313 e. The van der Waals surface area contributed by atoms with Gasteiger partial charge in [-0.3, -0.25) is 0 Å². The highest BCUT2D eigenvalue weighted by Crippen LogP contribution is 2.17. The molecule has 1 heterocycles. The Morgan fingerprint density at radius 1 is 1.19 bits per heavy atom. The maximum Gasteiger partial charge on any atom is 0.218 e. The monoisotopic (exact) mass is 308 g/mol. The normalized spacial score (nSPS) is 16.8. The average Bonchev–Trinajstić information content (AvgIpc) is 2.47. The van der Waals surface area contributed by atoms with Crippen LogP contribution in [-0.2, 0) is 22.3 Å². The van der Waals surface area contributed by atoms with Gasteiger partial charge in [0.05, 0.1) is 5.75 Å². The fourth-order valence-corrected chi connectivity index (χ4v) is 3.80. The maximum atomic E-state index is 12.4. The van der Waals surface area contributed by atoms with E-state index in [9.17, 15) is 8.42 Å². The summed E-state index contributed by atoms with van der Waals surface area (Å²) in [5, 5.41) is 3.26. The highest BCUT2D eigenvalue weighted by atomic mass is 32.2. The van der Waals surface area contributed by atoms with Crippen molar-refractivity contribution in [3.8, 4) is 0 Å². The predicted molar refractivity (Wildman–Crippen MR) is 86.4 cm³/mol. The van der Waals surface area contributed by atoms with Gasteiger partial charge in [0.2, 0.25) is 10.0 Å². The van der Waals surface area contributed by atoms with E-state index in [4.69, 9.17) is 0 Å². The molecule has 0 amide bonds. The molecule has 0 spiro atoms. The first kappa shape index (κ1) is 16.2. The van der Waals surface area contributed by atoms with E-state index in [2.05, 4.69) is 12.2 Å². The topological polar surface area (TPSA) is 49.4 Å². The van der Waals surface area contributed by atoms with Crippen molar-refractivity contribution in [2.45, 2.75) is 32.6 Å². The highest BCUT2D eigenvalue weighted by molar-refractivity contribution is 7.88. The molecule has 0 saturated carbocycles. The Hall–Kier alpha value is -1.17. The summed E-state index contributed by atoms with van der Waals surface area (Å²) in [5.74, 6) is 0.0847. The quantitative estimate of drug-likeness (QED) is 0.820. The summed E-state index contributed by atoms with van der Waals surface area (Å²) in [4.78, 5) is 0. The minimum atomic E-state index is -3.22. The molecule has 1 aromatic rings. The van der Waals surface area contributed by atoms with E-state index in [-0.39, 0.29) is 5.75 Å². The summed E-state index contributed by atoms with van der Waals surface area (Å²) in [6.07, 6.45) is 2.83. The number of hydrogen-bond donors (Lipinski definition) is 1. The average molecular weight is 308 g/mol. The number of benzene rings is 1. The number of nitrogens with one attached hydrogen (secondary N) is 1. The van der Waals surface area contributed by atoms with Crippen molar-refractivity contribution in [3.63, 3.8) is 0 Å². The lowest BCUT2D eigenvalue weighted by Crippen LogP contribution is -2.35. The van der Waals surface area contributed by atoms with Crippen LogP contribution in [0.4, 0.5) is 0 Å². The van der Waals surface area contributed by atoms with Gasteiger partial charge in [0.15, 0.2) is 0 Å². The minimum Gasteiger partial charge on any atom is -0.313 e. The summed E-state index contributed by atoms with van der Waals surface area (Å²) in [5.41, 5.74) is 3.30. The van der Waals surface area contributed by atoms with Gasteiger partial charge in [0, 0.05) is 19.6 Å². The van der Waals surface area contributed by atoms with Crippen molar-refractivity contribution in [1.82, 2.24) is 9.62 Å². The summed E-state index contributed by atoms with van der Waals surface area (Å²) in [6.45, 7) is 6.97. The molecule has 1 aliphatic heterocycles. The second-order valence-electron chi connectivity index (χ2n) is 5.51. The Labute approximate surface area is 127 Å². The molecule has 0 aliphatic carbocycles. The standard InChI is InChI=1S/C16H24N2O2S/c1-3-17-12-15-4-6-16(7-5-15)13-21(19,20)18-10-8-14(2)9-11-18/h4-8,17H,3,9-13H2,1-2H3. The fourth-order valence-electron chi connectivity index (χ4n) is 2.33. The Bertz CT molecular complexity index is 591. The van der Waals surface area contributed by atoms with Gasteiger partial charge in [0.1, 0.15) is 0 Å². The second-order valence-corrected chi connectivity index (χ2v) is 7.48. The first-order valence-electron chi connectivity index (χ1n) is 7.43. The Kier molecular flexibility index (Phi) is 5.56. The Balaban J connectivity index is 2.00. The Morgan fingerprint density at radius 3 is 2.43 bits per heavy atom. The molecule has 1 N–H and O–H groups in total. The molecule has 1 aliphatic rings. The zero-order valence-electron chi connectivity index (χ0n) is 12.8. The molecule has 4 nitrogen and oxygen atoms in total. The van der Waals surface area contributed by atoms with Crippen molar-refractivity contribution < 1.29 is 8.42 Å². The third-order valence-electron chi connectivity index (χ3n) is 3.74. The van der Waals surface area contributed by atoms with E-state index < -0.39 is 10.0 Å². The second kappa shape index (κ2) is 7.20. The minimum absolute atomic E-state index is 0.0847. The van der Waals surface area contributed by atoms with Crippen molar-refractivity contribution in [2.24, 2.45) is 0 Å². The molecule has 0 bridgehead atoms. The van der Waals surface area contributed by atoms with E-state index in [0.29, 0.717) is 13.1 Å². The van der Waals surface area contributed by atoms with Gasteiger partial charge in [-0.05, 0) is 31.0 Å². The molecular weight excluding hydrogens is 284 g/mol. The van der Waals surface area contributed by atoms with E-state index in [1.54, 1.807) is 4.31 Å². The SMILES string of the molecule is CCNCc1ccc(CS(=O)(=O)N2CC=C(C)CC2)cc1. The summed E-state index contributed by atoms with van der Waals surface area (Å²) in [7, 11) is -3.22. The van der Waals surface area contributed by atoms with Crippen molar-refractivity contribution in [1.29, 1.82) is 0 Å². The van der Waals surface area contributed by atoms with Gasteiger partial charge in [-0.25, -0.2) is 8.42 Å². The maximum absolute atomic E-state index is 12.4. The molecule has 0 atom stereocenters. The first-order valence-corrected chi connectivity index (χ1v) is 9.04. The van der Waals surface area contributed by atoms with Gasteiger partial charge in [-0.15, -0.1) is 0 Å². The van der Waals surface area contributed by atoms with Crippen LogP contribution in [0.25, 0.3) is 0 Å². The zero-order chi connectivity index (χ0) is 15.3. The molecular formula is C16H24N2O2S. The lowest BCUT2D eigenvalue weighted by molar-refractivity contribution is 0.430.